The molecule has 0 amide bonds. The zero-order valence-corrected chi connectivity index (χ0v) is 20.8. The standard InChI is InChI=1S/C29H42FNO2/c1-3-5-7-9-10-12-13-21-32-27-19-16-23-24-17-20-28(33-22-14-11-8-6-4-2)31-26(24)18-15-25(23)29(27)30/h16-17,19-20H,3-15,18,21-22H2,1-2H3. The highest BCUT2D eigenvalue weighted by molar-refractivity contribution is 5.73. The van der Waals surface area contributed by atoms with Crippen LogP contribution in [0.4, 0.5) is 4.39 Å². The van der Waals surface area contributed by atoms with Crippen LogP contribution in [0.1, 0.15) is 102 Å². The Morgan fingerprint density at radius 2 is 1.30 bits per heavy atom. The van der Waals surface area contributed by atoms with E-state index in [1.807, 2.05) is 18.2 Å². The molecule has 0 atom stereocenters. The highest BCUT2D eigenvalue weighted by atomic mass is 19.1. The van der Waals surface area contributed by atoms with Gasteiger partial charge in [-0.05, 0) is 48.9 Å². The van der Waals surface area contributed by atoms with Crippen molar-refractivity contribution >= 4 is 0 Å². The van der Waals surface area contributed by atoms with Crippen molar-refractivity contribution in [1.29, 1.82) is 0 Å². The molecule has 0 aliphatic heterocycles. The predicted molar refractivity (Wildman–Crippen MR) is 135 cm³/mol. The largest absolute Gasteiger partial charge is 0.491 e. The van der Waals surface area contributed by atoms with Crippen molar-refractivity contribution in [1.82, 2.24) is 4.98 Å². The predicted octanol–water partition coefficient (Wildman–Crippen LogP) is 8.46. The van der Waals surface area contributed by atoms with Gasteiger partial charge in [-0.1, -0.05) is 84.1 Å². The molecule has 1 aromatic heterocycles. The average Bonchev–Trinajstić information content (AvgIpc) is 2.84. The first-order valence-electron chi connectivity index (χ1n) is 13.3. The summed E-state index contributed by atoms with van der Waals surface area (Å²) < 4.78 is 26.8. The molecule has 0 unspecified atom stereocenters. The zero-order valence-electron chi connectivity index (χ0n) is 20.8. The topological polar surface area (TPSA) is 31.4 Å². The molecule has 0 fully saturated rings. The SMILES string of the molecule is CCCCCCCCCOc1ccc2c(c1F)CCc1nc(OCCCCCCC)ccc1-2. The lowest BCUT2D eigenvalue weighted by Gasteiger charge is -2.21. The Morgan fingerprint density at radius 1 is 0.697 bits per heavy atom. The van der Waals surface area contributed by atoms with E-state index in [-0.39, 0.29) is 5.82 Å². The fourth-order valence-electron chi connectivity index (χ4n) is 4.57. The molecule has 1 aliphatic carbocycles. The Hall–Kier alpha value is -2.10. The molecule has 0 saturated carbocycles. The molecule has 3 rings (SSSR count). The van der Waals surface area contributed by atoms with Gasteiger partial charge in [0.1, 0.15) is 0 Å². The number of benzene rings is 1. The van der Waals surface area contributed by atoms with Crippen molar-refractivity contribution in [3.8, 4) is 22.8 Å². The van der Waals surface area contributed by atoms with Gasteiger partial charge in [0, 0.05) is 11.6 Å². The van der Waals surface area contributed by atoms with Crippen LogP contribution < -0.4 is 9.47 Å². The molecule has 1 aromatic carbocycles. The van der Waals surface area contributed by atoms with E-state index in [0.29, 0.717) is 31.3 Å². The van der Waals surface area contributed by atoms with Gasteiger partial charge in [-0.3, -0.25) is 0 Å². The van der Waals surface area contributed by atoms with Crippen LogP contribution >= 0.6 is 0 Å². The van der Waals surface area contributed by atoms with E-state index in [0.717, 1.165) is 48.1 Å². The van der Waals surface area contributed by atoms with Gasteiger partial charge in [-0.15, -0.1) is 0 Å². The number of nitrogens with zero attached hydrogens (tertiary/aromatic N) is 1. The van der Waals surface area contributed by atoms with Gasteiger partial charge in [0.2, 0.25) is 5.88 Å². The van der Waals surface area contributed by atoms with Gasteiger partial charge in [0.15, 0.2) is 11.6 Å². The van der Waals surface area contributed by atoms with Gasteiger partial charge in [0.05, 0.1) is 18.9 Å². The number of ether oxygens (including phenoxy) is 2. The molecule has 0 N–H and O–H groups in total. The second-order valence-electron chi connectivity index (χ2n) is 9.28. The Kier molecular flexibility index (Phi) is 11.0. The molecule has 0 radical (unpaired) electrons. The summed E-state index contributed by atoms with van der Waals surface area (Å²) in [6.07, 6.45) is 16.0. The maximum absolute atomic E-state index is 15.2. The van der Waals surface area contributed by atoms with Crippen molar-refractivity contribution in [2.24, 2.45) is 0 Å². The number of hydrogen-bond donors (Lipinski definition) is 0. The lowest BCUT2D eigenvalue weighted by atomic mass is 9.88. The molecule has 33 heavy (non-hydrogen) atoms. The average molecular weight is 456 g/mol. The number of unbranched alkanes of at least 4 members (excludes halogenated alkanes) is 10. The van der Waals surface area contributed by atoms with Crippen molar-refractivity contribution in [3.63, 3.8) is 0 Å². The van der Waals surface area contributed by atoms with Crippen LogP contribution in [-0.4, -0.2) is 18.2 Å². The normalized spacial score (nSPS) is 12.3. The molecule has 4 heteroatoms. The highest BCUT2D eigenvalue weighted by Crippen LogP contribution is 2.38. The van der Waals surface area contributed by atoms with E-state index in [1.165, 1.54) is 57.8 Å². The molecule has 0 saturated heterocycles. The first-order valence-corrected chi connectivity index (χ1v) is 13.3. The maximum Gasteiger partial charge on any atom is 0.213 e. The summed E-state index contributed by atoms with van der Waals surface area (Å²) in [5, 5.41) is 0. The van der Waals surface area contributed by atoms with E-state index in [1.54, 1.807) is 6.07 Å². The Bertz CT molecular complexity index is 852. The molecule has 2 aromatic rings. The first-order chi connectivity index (χ1) is 16.2. The van der Waals surface area contributed by atoms with Crippen LogP contribution in [0.15, 0.2) is 24.3 Å². The summed E-state index contributed by atoms with van der Waals surface area (Å²) in [4.78, 5) is 4.72. The smallest absolute Gasteiger partial charge is 0.213 e. The summed E-state index contributed by atoms with van der Waals surface area (Å²) in [5.74, 6) is 0.871. The van der Waals surface area contributed by atoms with Crippen molar-refractivity contribution in [2.45, 2.75) is 104 Å². The number of rotatable bonds is 16. The monoisotopic (exact) mass is 455 g/mol. The lowest BCUT2D eigenvalue weighted by Crippen LogP contribution is -2.11. The minimum atomic E-state index is -0.200. The van der Waals surface area contributed by atoms with Gasteiger partial charge in [-0.25, -0.2) is 9.37 Å². The number of pyridine rings is 1. The summed E-state index contributed by atoms with van der Waals surface area (Å²) in [7, 11) is 0. The zero-order chi connectivity index (χ0) is 23.3. The van der Waals surface area contributed by atoms with Gasteiger partial charge < -0.3 is 9.47 Å². The minimum absolute atomic E-state index is 0.200. The van der Waals surface area contributed by atoms with Crippen LogP contribution in [-0.2, 0) is 12.8 Å². The quantitative estimate of drug-likeness (QED) is 0.238. The highest BCUT2D eigenvalue weighted by Gasteiger charge is 2.23. The van der Waals surface area contributed by atoms with Gasteiger partial charge >= 0.3 is 0 Å². The molecule has 3 nitrogen and oxygen atoms in total. The number of aromatic nitrogens is 1. The fraction of sp³-hybridized carbons (Fsp3) is 0.621. The molecule has 0 spiro atoms. The fourth-order valence-corrected chi connectivity index (χ4v) is 4.57. The maximum atomic E-state index is 15.2. The van der Waals surface area contributed by atoms with E-state index >= 15 is 4.39 Å². The van der Waals surface area contributed by atoms with Crippen LogP contribution in [0.25, 0.3) is 11.1 Å². The van der Waals surface area contributed by atoms with Crippen molar-refractivity contribution < 1.29 is 13.9 Å². The molecular formula is C29H42FNO2. The van der Waals surface area contributed by atoms with Crippen LogP contribution in [0.3, 0.4) is 0 Å². The molecule has 1 aliphatic rings. The van der Waals surface area contributed by atoms with Crippen molar-refractivity contribution in [2.75, 3.05) is 13.2 Å². The third kappa shape index (κ3) is 7.72. The number of aryl methyl sites for hydroxylation is 1. The van der Waals surface area contributed by atoms with E-state index in [2.05, 4.69) is 13.8 Å². The summed E-state index contributed by atoms with van der Waals surface area (Å²) in [5.41, 5.74) is 3.72. The van der Waals surface area contributed by atoms with Crippen LogP contribution in [0.2, 0.25) is 0 Å². The molecule has 0 bridgehead atoms. The number of halogens is 1. The second kappa shape index (κ2) is 14.2. The lowest BCUT2D eigenvalue weighted by molar-refractivity contribution is 0.288. The van der Waals surface area contributed by atoms with E-state index in [4.69, 9.17) is 14.5 Å². The Balaban J connectivity index is 1.51. The van der Waals surface area contributed by atoms with E-state index in [9.17, 15) is 0 Å². The Morgan fingerprint density at radius 3 is 2.00 bits per heavy atom. The first kappa shape index (κ1) is 25.5. The molecular weight excluding hydrogens is 413 g/mol. The van der Waals surface area contributed by atoms with E-state index < -0.39 is 0 Å². The second-order valence-corrected chi connectivity index (χ2v) is 9.28. The number of fused-ring (bicyclic) bond motifs is 3. The van der Waals surface area contributed by atoms with Crippen LogP contribution in [0.5, 0.6) is 11.6 Å². The third-order valence-electron chi connectivity index (χ3n) is 6.56. The minimum Gasteiger partial charge on any atom is -0.491 e. The number of hydrogen-bond acceptors (Lipinski definition) is 3. The molecule has 1 heterocycles. The third-order valence-corrected chi connectivity index (χ3v) is 6.56. The molecule has 182 valence electrons. The summed E-state index contributed by atoms with van der Waals surface area (Å²) in [6.45, 7) is 5.75. The summed E-state index contributed by atoms with van der Waals surface area (Å²) in [6, 6.07) is 7.73. The van der Waals surface area contributed by atoms with Gasteiger partial charge in [-0.2, -0.15) is 0 Å². The van der Waals surface area contributed by atoms with Gasteiger partial charge in [0.25, 0.3) is 0 Å². The van der Waals surface area contributed by atoms with Crippen molar-refractivity contribution in [3.05, 3.63) is 41.3 Å². The summed E-state index contributed by atoms with van der Waals surface area (Å²) >= 11 is 0. The van der Waals surface area contributed by atoms with Crippen LogP contribution in [0, 0.1) is 5.82 Å². The Labute approximate surface area is 200 Å².